The molecule has 0 bridgehead atoms. The highest BCUT2D eigenvalue weighted by Crippen LogP contribution is 2.28. The quantitative estimate of drug-likeness (QED) is 0.583. The molecular weight excluding hydrogens is 272 g/mol. The van der Waals surface area contributed by atoms with Gasteiger partial charge in [-0.3, -0.25) is 10.1 Å². The van der Waals surface area contributed by atoms with Crippen molar-refractivity contribution in [2.45, 2.75) is 26.2 Å². The molecule has 0 radical (unpaired) electrons. The van der Waals surface area contributed by atoms with E-state index in [2.05, 4.69) is 25.5 Å². The first kappa shape index (κ1) is 15.4. The summed E-state index contributed by atoms with van der Waals surface area (Å²) in [5.41, 5.74) is -0.0852. The van der Waals surface area contributed by atoms with Gasteiger partial charge < -0.3 is 15.5 Å². The molecule has 0 spiro atoms. The van der Waals surface area contributed by atoms with Crippen LogP contribution in [0.25, 0.3) is 0 Å². The van der Waals surface area contributed by atoms with Crippen LogP contribution < -0.4 is 10.6 Å². The van der Waals surface area contributed by atoms with Crippen molar-refractivity contribution >= 4 is 17.3 Å². The van der Waals surface area contributed by atoms with Crippen molar-refractivity contribution in [2.75, 3.05) is 43.4 Å². The van der Waals surface area contributed by atoms with Crippen LogP contribution in [0.1, 0.15) is 26.2 Å². The third kappa shape index (κ3) is 4.25. The summed E-state index contributed by atoms with van der Waals surface area (Å²) >= 11 is 0. The summed E-state index contributed by atoms with van der Waals surface area (Å²) in [6.07, 6.45) is 5.11. The largest absolute Gasteiger partial charge is 0.364 e. The zero-order chi connectivity index (χ0) is 15.1. The van der Waals surface area contributed by atoms with Gasteiger partial charge in [0.1, 0.15) is 6.33 Å². The molecule has 1 aliphatic heterocycles. The molecule has 116 valence electrons. The minimum atomic E-state index is -0.443. The zero-order valence-electron chi connectivity index (χ0n) is 12.3. The average Bonchev–Trinajstić information content (AvgIpc) is 2.48. The Morgan fingerprint density at radius 3 is 2.52 bits per heavy atom. The Kier molecular flexibility index (Phi) is 5.68. The normalized spacial score (nSPS) is 15.7. The first-order valence-corrected chi connectivity index (χ1v) is 7.42. The Morgan fingerprint density at radius 1 is 1.24 bits per heavy atom. The SMILES string of the molecule is CCNc1ncnc(NCCN2CCCCC2)c1[N+](=O)[O-]. The molecule has 2 heterocycles. The number of piperidine rings is 1. The highest BCUT2D eigenvalue weighted by molar-refractivity contribution is 5.69. The van der Waals surface area contributed by atoms with Crippen LogP contribution in [0.15, 0.2) is 6.33 Å². The van der Waals surface area contributed by atoms with E-state index in [0.717, 1.165) is 19.6 Å². The molecule has 21 heavy (non-hydrogen) atoms. The number of likely N-dealkylation sites (tertiary alicyclic amines) is 1. The highest BCUT2D eigenvalue weighted by atomic mass is 16.6. The molecule has 8 heteroatoms. The molecule has 2 N–H and O–H groups in total. The summed E-state index contributed by atoms with van der Waals surface area (Å²) in [6, 6.07) is 0. The van der Waals surface area contributed by atoms with E-state index in [4.69, 9.17) is 0 Å². The predicted octanol–water partition coefficient (Wildman–Crippen LogP) is 1.71. The lowest BCUT2D eigenvalue weighted by Crippen LogP contribution is -2.33. The van der Waals surface area contributed by atoms with Gasteiger partial charge in [-0.05, 0) is 32.9 Å². The van der Waals surface area contributed by atoms with Crippen LogP contribution in [0.2, 0.25) is 0 Å². The number of hydrogen-bond acceptors (Lipinski definition) is 7. The zero-order valence-corrected chi connectivity index (χ0v) is 12.3. The van der Waals surface area contributed by atoms with Crippen molar-refractivity contribution in [3.63, 3.8) is 0 Å². The van der Waals surface area contributed by atoms with E-state index in [1.807, 2.05) is 6.92 Å². The molecule has 0 atom stereocenters. The second-order valence-electron chi connectivity index (χ2n) is 5.04. The summed E-state index contributed by atoms with van der Waals surface area (Å²) in [7, 11) is 0. The van der Waals surface area contributed by atoms with E-state index in [0.29, 0.717) is 13.1 Å². The monoisotopic (exact) mass is 294 g/mol. The van der Waals surface area contributed by atoms with Crippen molar-refractivity contribution in [3.8, 4) is 0 Å². The number of nitrogens with zero attached hydrogens (tertiary/aromatic N) is 4. The number of hydrogen-bond donors (Lipinski definition) is 2. The number of anilines is 2. The summed E-state index contributed by atoms with van der Waals surface area (Å²) in [5.74, 6) is 0.543. The molecular formula is C13H22N6O2. The van der Waals surface area contributed by atoms with Crippen LogP contribution in [0, 0.1) is 10.1 Å². The third-order valence-corrected chi connectivity index (χ3v) is 3.52. The van der Waals surface area contributed by atoms with Gasteiger partial charge >= 0.3 is 5.69 Å². The van der Waals surface area contributed by atoms with Crippen molar-refractivity contribution in [1.29, 1.82) is 0 Å². The van der Waals surface area contributed by atoms with E-state index in [-0.39, 0.29) is 17.3 Å². The van der Waals surface area contributed by atoms with Crippen LogP contribution in [0.4, 0.5) is 17.3 Å². The Balaban J connectivity index is 1.98. The molecule has 0 unspecified atom stereocenters. The minimum absolute atomic E-state index is 0.0852. The summed E-state index contributed by atoms with van der Waals surface area (Å²) in [5, 5.41) is 17.2. The van der Waals surface area contributed by atoms with Crippen molar-refractivity contribution in [2.24, 2.45) is 0 Å². The molecule has 0 aromatic carbocycles. The van der Waals surface area contributed by atoms with Crippen molar-refractivity contribution in [3.05, 3.63) is 16.4 Å². The molecule has 1 saturated heterocycles. The van der Waals surface area contributed by atoms with Crippen LogP contribution >= 0.6 is 0 Å². The molecule has 0 saturated carbocycles. The molecule has 8 nitrogen and oxygen atoms in total. The van der Waals surface area contributed by atoms with E-state index in [1.165, 1.54) is 25.6 Å². The van der Waals surface area contributed by atoms with E-state index >= 15 is 0 Å². The molecule has 0 aliphatic carbocycles. The van der Waals surface area contributed by atoms with Crippen molar-refractivity contribution in [1.82, 2.24) is 14.9 Å². The van der Waals surface area contributed by atoms with E-state index < -0.39 is 4.92 Å². The predicted molar refractivity (Wildman–Crippen MR) is 81.6 cm³/mol. The van der Waals surface area contributed by atoms with Gasteiger partial charge in [-0.25, -0.2) is 9.97 Å². The lowest BCUT2D eigenvalue weighted by atomic mass is 10.1. The Labute approximate surface area is 124 Å². The average molecular weight is 294 g/mol. The number of rotatable bonds is 7. The first-order chi connectivity index (χ1) is 10.2. The second kappa shape index (κ2) is 7.72. The fourth-order valence-corrected chi connectivity index (χ4v) is 2.49. The van der Waals surface area contributed by atoms with Gasteiger partial charge in [0, 0.05) is 19.6 Å². The van der Waals surface area contributed by atoms with Crippen molar-refractivity contribution < 1.29 is 4.92 Å². The smallest absolute Gasteiger partial charge is 0.353 e. The Morgan fingerprint density at radius 2 is 1.90 bits per heavy atom. The van der Waals surface area contributed by atoms with Crippen LogP contribution in [-0.4, -0.2) is 52.5 Å². The Bertz CT molecular complexity index is 476. The van der Waals surface area contributed by atoms with Crippen LogP contribution in [0.5, 0.6) is 0 Å². The van der Waals surface area contributed by atoms with Gasteiger partial charge in [0.25, 0.3) is 0 Å². The summed E-state index contributed by atoms with van der Waals surface area (Å²) < 4.78 is 0. The van der Waals surface area contributed by atoms with E-state index in [1.54, 1.807) is 0 Å². The van der Waals surface area contributed by atoms with Gasteiger partial charge in [-0.1, -0.05) is 6.42 Å². The van der Waals surface area contributed by atoms with Crippen LogP contribution in [-0.2, 0) is 0 Å². The lowest BCUT2D eigenvalue weighted by Gasteiger charge is -2.26. The molecule has 1 aromatic heterocycles. The van der Waals surface area contributed by atoms with Gasteiger partial charge in [0.05, 0.1) is 4.92 Å². The van der Waals surface area contributed by atoms with Gasteiger partial charge in [-0.2, -0.15) is 0 Å². The topological polar surface area (TPSA) is 96.2 Å². The van der Waals surface area contributed by atoms with Crippen LogP contribution in [0.3, 0.4) is 0 Å². The number of nitro groups is 1. The summed E-state index contributed by atoms with van der Waals surface area (Å²) in [4.78, 5) is 21.1. The van der Waals surface area contributed by atoms with Gasteiger partial charge in [0.2, 0.25) is 11.6 Å². The molecule has 0 amide bonds. The minimum Gasteiger partial charge on any atom is -0.364 e. The third-order valence-electron chi connectivity index (χ3n) is 3.52. The molecule has 1 aliphatic rings. The summed E-state index contributed by atoms with van der Waals surface area (Å²) in [6.45, 7) is 6.17. The second-order valence-corrected chi connectivity index (χ2v) is 5.04. The molecule has 1 aromatic rings. The fraction of sp³-hybridized carbons (Fsp3) is 0.692. The molecule has 2 rings (SSSR count). The Hall–Kier alpha value is -1.96. The highest BCUT2D eigenvalue weighted by Gasteiger charge is 2.22. The first-order valence-electron chi connectivity index (χ1n) is 7.42. The maximum absolute atomic E-state index is 11.2. The van der Waals surface area contributed by atoms with Gasteiger partial charge in [0.15, 0.2) is 0 Å². The van der Waals surface area contributed by atoms with Gasteiger partial charge in [-0.15, -0.1) is 0 Å². The molecule has 1 fully saturated rings. The lowest BCUT2D eigenvalue weighted by molar-refractivity contribution is -0.383. The fourth-order valence-electron chi connectivity index (χ4n) is 2.49. The maximum atomic E-state index is 11.2. The number of nitrogens with one attached hydrogen (secondary N) is 2. The maximum Gasteiger partial charge on any atom is 0.353 e. The number of aromatic nitrogens is 2. The standard InChI is InChI=1S/C13H22N6O2/c1-2-14-12-11(19(20)21)13(17-10-16-12)15-6-9-18-7-4-3-5-8-18/h10H,2-9H2,1H3,(H2,14,15,16,17). The van der Waals surface area contributed by atoms with E-state index in [9.17, 15) is 10.1 Å².